The largest absolute Gasteiger partial charge is 0.438 e. The van der Waals surface area contributed by atoms with Crippen molar-refractivity contribution in [2.45, 2.75) is 13.6 Å². The van der Waals surface area contributed by atoms with Gasteiger partial charge < -0.3 is 14.6 Å². The molecule has 1 amide bonds. The van der Waals surface area contributed by atoms with Gasteiger partial charge in [0.05, 0.1) is 18.1 Å². The van der Waals surface area contributed by atoms with Crippen molar-refractivity contribution in [3.8, 4) is 17.3 Å². The summed E-state index contributed by atoms with van der Waals surface area (Å²) in [6.07, 6.45) is 2.22. The number of nitrogens with zero attached hydrogens (tertiary/aromatic N) is 5. The number of alkyl halides is 3. The number of aromatic nitrogens is 5. The third-order valence-electron chi connectivity index (χ3n) is 4.87. The Balaban J connectivity index is 0.00000289. The lowest BCUT2D eigenvalue weighted by molar-refractivity contribution is -0.137. The number of benzene rings is 2. The highest BCUT2D eigenvalue weighted by Gasteiger charge is 2.30. The highest BCUT2D eigenvalue weighted by atomic mass is 19.4. The van der Waals surface area contributed by atoms with Crippen molar-refractivity contribution in [3.63, 3.8) is 0 Å². The fraction of sp³-hybridized carbons (Fsp3) is 0.0833. The predicted octanol–water partition coefficient (Wildman–Crippen LogP) is 5.61. The second-order valence-electron chi connectivity index (χ2n) is 7.20. The van der Waals surface area contributed by atoms with Gasteiger partial charge in [-0.25, -0.2) is 14.5 Å². The van der Waals surface area contributed by atoms with E-state index in [2.05, 4.69) is 20.4 Å². The molecule has 5 aromatic rings. The molecule has 2 aromatic carbocycles. The van der Waals surface area contributed by atoms with Crippen molar-refractivity contribution in [2.75, 3.05) is 5.32 Å². The van der Waals surface area contributed by atoms with E-state index in [-0.39, 0.29) is 18.8 Å². The van der Waals surface area contributed by atoms with Gasteiger partial charge in [0.25, 0.3) is 5.91 Å². The Hall–Kier alpha value is -4.67. The average Bonchev–Trinajstić information content (AvgIpc) is 3.49. The van der Waals surface area contributed by atoms with E-state index in [0.717, 1.165) is 30.0 Å². The van der Waals surface area contributed by atoms with Gasteiger partial charge >= 0.3 is 6.18 Å². The highest BCUT2D eigenvalue weighted by molar-refractivity contribution is 6.03. The lowest BCUT2D eigenvalue weighted by Gasteiger charge is -2.07. The van der Waals surface area contributed by atoms with Crippen LogP contribution >= 0.6 is 0 Å². The van der Waals surface area contributed by atoms with Gasteiger partial charge in [0.1, 0.15) is 5.75 Å². The fourth-order valence-corrected chi connectivity index (χ4v) is 3.20. The first-order valence-corrected chi connectivity index (χ1v) is 9.96. The van der Waals surface area contributed by atoms with Crippen LogP contribution in [0.2, 0.25) is 0 Å². The van der Waals surface area contributed by atoms with Crippen LogP contribution in [0.25, 0.3) is 11.3 Å². The van der Waals surface area contributed by atoms with Crippen molar-refractivity contribution in [1.29, 1.82) is 0 Å². The molecule has 0 aliphatic heterocycles. The van der Waals surface area contributed by atoms with Gasteiger partial charge in [-0.2, -0.15) is 13.2 Å². The Morgan fingerprint density at radius 2 is 1.71 bits per heavy atom. The molecule has 1 N–H and O–H groups in total. The number of halogens is 3. The topological polar surface area (TPSA) is 86.3 Å². The maximum atomic E-state index is 12.7. The number of carbonyl (C=O) groups is 1. The van der Waals surface area contributed by atoms with Crippen LogP contribution in [0.3, 0.4) is 0 Å². The first-order valence-electron chi connectivity index (χ1n) is 9.96. The van der Waals surface area contributed by atoms with Crippen LogP contribution in [0.1, 0.15) is 23.3 Å². The standard InChI is InChI=1S/C23H15F3N6O2.CH4/c24-23(25,26)16-3-1-15(2-4-16)22(33)29-19-13-32-20(28-19)9-10-21(30-32)34-18-7-5-17(6-8-18)31-12-11-27-14-31;/h1-14H,(H,29,33);1H4. The Kier molecular flexibility index (Phi) is 6.24. The predicted molar refractivity (Wildman–Crippen MR) is 123 cm³/mol. The number of anilines is 1. The summed E-state index contributed by atoms with van der Waals surface area (Å²) in [6.45, 7) is 0. The summed E-state index contributed by atoms with van der Waals surface area (Å²) < 4.78 is 47.2. The van der Waals surface area contributed by atoms with Gasteiger partial charge in [-0.1, -0.05) is 7.43 Å². The van der Waals surface area contributed by atoms with Crippen molar-refractivity contribution in [1.82, 2.24) is 24.1 Å². The first-order chi connectivity index (χ1) is 16.3. The lowest BCUT2D eigenvalue weighted by Crippen LogP contribution is -2.13. The maximum absolute atomic E-state index is 12.7. The number of hydrogen-bond donors (Lipinski definition) is 1. The number of amides is 1. The van der Waals surface area contributed by atoms with Crippen LogP contribution < -0.4 is 10.1 Å². The summed E-state index contributed by atoms with van der Waals surface area (Å²) in [4.78, 5) is 20.6. The van der Waals surface area contributed by atoms with E-state index < -0.39 is 17.6 Å². The van der Waals surface area contributed by atoms with Gasteiger partial charge in [0.15, 0.2) is 11.5 Å². The van der Waals surface area contributed by atoms with Crippen LogP contribution in [0, 0.1) is 0 Å². The molecule has 0 radical (unpaired) electrons. The van der Waals surface area contributed by atoms with E-state index >= 15 is 0 Å². The maximum Gasteiger partial charge on any atom is 0.416 e. The lowest BCUT2D eigenvalue weighted by atomic mass is 10.1. The molecule has 0 unspecified atom stereocenters. The van der Waals surface area contributed by atoms with E-state index in [9.17, 15) is 18.0 Å². The number of imidazole rings is 2. The molecule has 3 aromatic heterocycles. The highest BCUT2D eigenvalue weighted by Crippen LogP contribution is 2.29. The summed E-state index contributed by atoms with van der Waals surface area (Å²) in [5, 5.41) is 6.88. The summed E-state index contributed by atoms with van der Waals surface area (Å²) in [5.74, 6) is 0.485. The zero-order valence-electron chi connectivity index (χ0n) is 17.3. The van der Waals surface area contributed by atoms with E-state index in [1.807, 2.05) is 22.9 Å². The van der Waals surface area contributed by atoms with Gasteiger partial charge in [-0.15, -0.1) is 5.10 Å². The minimum absolute atomic E-state index is 0. The van der Waals surface area contributed by atoms with E-state index in [4.69, 9.17) is 4.74 Å². The van der Waals surface area contributed by atoms with E-state index in [0.29, 0.717) is 17.3 Å². The molecule has 35 heavy (non-hydrogen) atoms. The monoisotopic (exact) mass is 480 g/mol. The zero-order chi connectivity index (χ0) is 23.7. The Morgan fingerprint density at radius 3 is 2.37 bits per heavy atom. The summed E-state index contributed by atoms with van der Waals surface area (Å²) in [5.41, 5.74) is 0.618. The molecule has 3 heterocycles. The normalized spacial score (nSPS) is 11.2. The third-order valence-corrected chi connectivity index (χ3v) is 4.87. The number of rotatable bonds is 5. The molecule has 0 atom stereocenters. The minimum atomic E-state index is -4.47. The molecule has 11 heteroatoms. The van der Waals surface area contributed by atoms with Crippen LogP contribution in [0.4, 0.5) is 19.0 Å². The van der Waals surface area contributed by atoms with Crippen LogP contribution in [-0.4, -0.2) is 30.1 Å². The quantitative estimate of drug-likeness (QED) is 0.353. The molecule has 0 fully saturated rings. The first kappa shape index (κ1) is 23.5. The molecule has 178 valence electrons. The number of fused-ring (bicyclic) bond motifs is 1. The SMILES string of the molecule is C.O=C(Nc1cn2nc(Oc3ccc(-n4ccnc4)cc3)ccc2n1)c1ccc(C(F)(F)F)cc1. The molecule has 0 spiro atoms. The molecular formula is C24H19F3N6O2. The summed E-state index contributed by atoms with van der Waals surface area (Å²) in [7, 11) is 0. The zero-order valence-corrected chi connectivity index (χ0v) is 17.3. The Labute approximate surface area is 197 Å². The second-order valence-corrected chi connectivity index (χ2v) is 7.20. The minimum Gasteiger partial charge on any atom is -0.438 e. The Bertz CT molecular complexity index is 1440. The number of carbonyl (C=O) groups excluding carboxylic acids is 1. The smallest absolute Gasteiger partial charge is 0.416 e. The second kappa shape index (κ2) is 9.29. The molecule has 0 aliphatic rings. The van der Waals surface area contributed by atoms with Crippen LogP contribution in [0.5, 0.6) is 11.6 Å². The molecule has 8 nitrogen and oxygen atoms in total. The van der Waals surface area contributed by atoms with Gasteiger partial charge in [0.2, 0.25) is 5.88 Å². The molecule has 0 bridgehead atoms. The molecule has 0 saturated carbocycles. The van der Waals surface area contributed by atoms with E-state index in [1.54, 1.807) is 36.8 Å². The molecule has 0 aliphatic carbocycles. The van der Waals surface area contributed by atoms with Gasteiger partial charge in [-0.3, -0.25) is 4.79 Å². The van der Waals surface area contributed by atoms with Crippen LogP contribution in [-0.2, 0) is 6.18 Å². The Morgan fingerprint density at radius 1 is 0.971 bits per heavy atom. The van der Waals surface area contributed by atoms with Crippen molar-refractivity contribution < 1.29 is 22.7 Å². The number of nitrogens with one attached hydrogen (secondary N) is 1. The van der Waals surface area contributed by atoms with Gasteiger partial charge in [0, 0.05) is 29.7 Å². The number of hydrogen-bond acceptors (Lipinski definition) is 5. The third kappa shape index (κ3) is 5.13. The van der Waals surface area contributed by atoms with Crippen molar-refractivity contribution >= 4 is 17.4 Å². The summed E-state index contributed by atoms with van der Waals surface area (Å²) >= 11 is 0. The van der Waals surface area contributed by atoms with E-state index in [1.165, 1.54) is 10.7 Å². The van der Waals surface area contributed by atoms with Crippen LogP contribution in [0.15, 0.2) is 85.6 Å². The van der Waals surface area contributed by atoms with Crippen molar-refractivity contribution in [3.05, 3.63) is 96.7 Å². The number of ether oxygens (including phenoxy) is 1. The molecule has 0 saturated heterocycles. The molecule has 5 rings (SSSR count). The summed E-state index contributed by atoms with van der Waals surface area (Å²) in [6, 6.07) is 14.6. The fourth-order valence-electron chi connectivity index (χ4n) is 3.20. The van der Waals surface area contributed by atoms with Crippen molar-refractivity contribution in [2.24, 2.45) is 0 Å². The molecular weight excluding hydrogens is 461 g/mol. The van der Waals surface area contributed by atoms with Gasteiger partial charge in [-0.05, 0) is 54.6 Å². The average molecular weight is 480 g/mol.